The van der Waals surface area contributed by atoms with Crippen LogP contribution in [0.25, 0.3) is 0 Å². The zero-order valence-electron chi connectivity index (χ0n) is 12.4. The second-order valence-corrected chi connectivity index (χ2v) is 6.48. The van der Waals surface area contributed by atoms with Gasteiger partial charge in [-0.2, -0.15) is 0 Å². The molecule has 0 radical (unpaired) electrons. The van der Waals surface area contributed by atoms with Crippen molar-refractivity contribution in [3.63, 3.8) is 0 Å². The van der Waals surface area contributed by atoms with Gasteiger partial charge >= 0.3 is 0 Å². The minimum absolute atomic E-state index is 0.385. The molecule has 0 saturated heterocycles. The molecule has 1 unspecified atom stereocenters. The Morgan fingerprint density at radius 2 is 2.33 bits per heavy atom. The van der Waals surface area contributed by atoms with Crippen LogP contribution in [-0.4, -0.2) is 24.2 Å². The lowest BCUT2D eigenvalue weighted by atomic mass is 10.0. The van der Waals surface area contributed by atoms with Crippen LogP contribution >= 0.6 is 11.3 Å². The molecular formula is C16H20N2O2S. The van der Waals surface area contributed by atoms with E-state index in [1.165, 1.54) is 10.4 Å². The third-order valence-electron chi connectivity index (χ3n) is 3.79. The van der Waals surface area contributed by atoms with Gasteiger partial charge in [-0.25, -0.2) is 4.98 Å². The number of aromatic nitrogens is 1. The first-order valence-corrected chi connectivity index (χ1v) is 8.00. The number of aryl methyl sites for hydroxylation is 1. The summed E-state index contributed by atoms with van der Waals surface area (Å²) < 4.78 is 5.26. The molecular weight excluding hydrogens is 284 g/mol. The Bertz CT molecular complexity index is 626. The fraction of sp³-hybridized carbons (Fsp3) is 0.438. The molecule has 0 fully saturated rings. The average Bonchev–Trinajstić information content (AvgIpc) is 2.93. The highest BCUT2D eigenvalue weighted by molar-refractivity contribution is 7.15. The number of rotatable bonds is 4. The number of aliphatic hydroxyl groups is 1. The minimum atomic E-state index is -0.385. The molecule has 1 atom stereocenters. The Morgan fingerprint density at radius 3 is 3.10 bits per heavy atom. The number of methoxy groups -OCH3 is 1. The number of hydrogen-bond donors (Lipinski definition) is 1. The maximum atomic E-state index is 10.0. The summed E-state index contributed by atoms with van der Waals surface area (Å²) in [5.74, 6) is 0.870. The molecule has 1 aromatic heterocycles. The number of anilines is 1. The van der Waals surface area contributed by atoms with E-state index in [4.69, 9.17) is 4.74 Å². The number of ether oxygens (including phenoxy) is 1. The number of nitrogens with zero attached hydrogens (tertiary/aromatic N) is 2. The Kier molecular flexibility index (Phi) is 4.12. The SMILES string of the molecule is COc1cccc(CN(C)c2nc3c(s2)CCCC3O)c1. The molecule has 2 aromatic rings. The second kappa shape index (κ2) is 6.03. The third-order valence-corrected chi connectivity index (χ3v) is 5.04. The van der Waals surface area contributed by atoms with E-state index < -0.39 is 0 Å². The van der Waals surface area contributed by atoms with E-state index in [1.54, 1.807) is 18.4 Å². The van der Waals surface area contributed by atoms with Gasteiger partial charge in [0, 0.05) is 18.5 Å². The molecule has 0 amide bonds. The van der Waals surface area contributed by atoms with Crippen LogP contribution in [0.15, 0.2) is 24.3 Å². The van der Waals surface area contributed by atoms with E-state index in [9.17, 15) is 5.11 Å². The van der Waals surface area contributed by atoms with Crippen LogP contribution in [0.4, 0.5) is 5.13 Å². The summed E-state index contributed by atoms with van der Waals surface area (Å²) in [6, 6.07) is 8.07. The molecule has 4 nitrogen and oxygen atoms in total. The van der Waals surface area contributed by atoms with E-state index in [-0.39, 0.29) is 6.10 Å². The smallest absolute Gasteiger partial charge is 0.185 e. The summed E-state index contributed by atoms with van der Waals surface area (Å²) in [4.78, 5) is 8.00. The van der Waals surface area contributed by atoms with Crippen molar-refractivity contribution >= 4 is 16.5 Å². The number of thiazole rings is 1. The second-order valence-electron chi connectivity index (χ2n) is 5.42. The largest absolute Gasteiger partial charge is 0.497 e. The lowest BCUT2D eigenvalue weighted by Crippen LogP contribution is -2.16. The molecule has 1 N–H and O–H groups in total. The summed E-state index contributed by atoms with van der Waals surface area (Å²) in [6.45, 7) is 0.777. The van der Waals surface area contributed by atoms with Gasteiger partial charge in [0.2, 0.25) is 0 Å². The zero-order chi connectivity index (χ0) is 14.8. The van der Waals surface area contributed by atoms with E-state index in [0.717, 1.165) is 42.4 Å². The number of fused-ring (bicyclic) bond motifs is 1. The van der Waals surface area contributed by atoms with Gasteiger partial charge in [-0.05, 0) is 37.0 Å². The lowest BCUT2D eigenvalue weighted by Gasteiger charge is -2.16. The highest BCUT2D eigenvalue weighted by Crippen LogP contribution is 2.36. The van der Waals surface area contributed by atoms with E-state index in [2.05, 4.69) is 16.0 Å². The van der Waals surface area contributed by atoms with Crippen LogP contribution in [0, 0.1) is 0 Å². The molecule has 0 bridgehead atoms. The lowest BCUT2D eigenvalue weighted by molar-refractivity contribution is 0.153. The Morgan fingerprint density at radius 1 is 1.48 bits per heavy atom. The first-order chi connectivity index (χ1) is 10.2. The van der Waals surface area contributed by atoms with Crippen molar-refractivity contribution in [3.05, 3.63) is 40.4 Å². The summed E-state index contributed by atoms with van der Waals surface area (Å²) in [6.07, 6.45) is 2.53. The van der Waals surface area contributed by atoms with Crippen molar-refractivity contribution < 1.29 is 9.84 Å². The molecule has 112 valence electrons. The van der Waals surface area contributed by atoms with E-state index >= 15 is 0 Å². The van der Waals surface area contributed by atoms with Crippen molar-refractivity contribution in [1.29, 1.82) is 0 Å². The van der Waals surface area contributed by atoms with Crippen LogP contribution in [0.3, 0.4) is 0 Å². The molecule has 0 aliphatic heterocycles. The van der Waals surface area contributed by atoms with Gasteiger partial charge in [0.15, 0.2) is 5.13 Å². The molecule has 0 saturated carbocycles. The normalized spacial score (nSPS) is 17.4. The summed E-state index contributed by atoms with van der Waals surface area (Å²) in [5.41, 5.74) is 2.07. The fourth-order valence-corrected chi connectivity index (χ4v) is 3.78. The molecule has 1 aliphatic carbocycles. The first kappa shape index (κ1) is 14.4. The highest BCUT2D eigenvalue weighted by Gasteiger charge is 2.23. The van der Waals surface area contributed by atoms with Crippen molar-refractivity contribution in [2.75, 3.05) is 19.1 Å². The highest BCUT2D eigenvalue weighted by atomic mass is 32.1. The summed E-state index contributed by atoms with van der Waals surface area (Å²) in [7, 11) is 3.72. The fourth-order valence-electron chi connectivity index (χ4n) is 2.66. The van der Waals surface area contributed by atoms with Gasteiger partial charge in [-0.3, -0.25) is 0 Å². The quantitative estimate of drug-likeness (QED) is 0.942. The van der Waals surface area contributed by atoms with Gasteiger partial charge < -0.3 is 14.7 Å². The Hall–Kier alpha value is -1.59. The maximum absolute atomic E-state index is 10.0. The molecule has 5 heteroatoms. The standard InChI is InChI=1S/C16H20N2O2S/c1-18(10-11-5-3-6-12(9-11)20-2)16-17-15-13(19)7-4-8-14(15)21-16/h3,5-6,9,13,19H,4,7-8,10H2,1-2H3. The number of aliphatic hydroxyl groups excluding tert-OH is 1. The van der Waals surface area contributed by atoms with Crippen molar-refractivity contribution in [2.45, 2.75) is 31.9 Å². The van der Waals surface area contributed by atoms with Gasteiger partial charge in [0.1, 0.15) is 5.75 Å². The Balaban J connectivity index is 1.77. The van der Waals surface area contributed by atoms with Crippen LogP contribution in [0.1, 0.15) is 35.1 Å². The molecule has 1 aliphatic rings. The number of hydrogen-bond acceptors (Lipinski definition) is 5. The summed E-state index contributed by atoms with van der Waals surface area (Å²) >= 11 is 1.70. The zero-order valence-corrected chi connectivity index (χ0v) is 13.2. The van der Waals surface area contributed by atoms with Crippen LogP contribution in [0.2, 0.25) is 0 Å². The van der Waals surface area contributed by atoms with Crippen LogP contribution in [-0.2, 0) is 13.0 Å². The van der Waals surface area contributed by atoms with Crippen molar-refractivity contribution in [1.82, 2.24) is 4.98 Å². The molecule has 1 aromatic carbocycles. The average molecular weight is 304 g/mol. The van der Waals surface area contributed by atoms with Gasteiger partial charge in [-0.15, -0.1) is 11.3 Å². The predicted octanol–water partition coefficient (Wildman–Crippen LogP) is 3.16. The summed E-state index contributed by atoms with van der Waals surface area (Å²) in [5, 5.41) is 11.0. The number of benzene rings is 1. The van der Waals surface area contributed by atoms with Crippen molar-refractivity contribution in [2.24, 2.45) is 0 Å². The monoisotopic (exact) mass is 304 g/mol. The van der Waals surface area contributed by atoms with Gasteiger partial charge in [-0.1, -0.05) is 12.1 Å². The third kappa shape index (κ3) is 3.04. The van der Waals surface area contributed by atoms with Gasteiger partial charge in [0.05, 0.1) is 18.9 Å². The van der Waals surface area contributed by atoms with Crippen molar-refractivity contribution in [3.8, 4) is 5.75 Å². The molecule has 21 heavy (non-hydrogen) atoms. The molecule has 0 spiro atoms. The van der Waals surface area contributed by atoms with Crippen LogP contribution < -0.4 is 9.64 Å². The van der Waals surface area contributed by atoms with Gasteiger partial charge in [0.25, 0.3) is 0 Å². The Labute approximate surface area is 129 Å². The van der Waals surface area contributed by atoms with E-state index in [1.807, 2.05) is 25.2 Å². The first-order valence-electron chi connectivity index (χ1n) is 7.19. The van der Waals surface area contributed by atoms with E-state index in [0.29, 0.717) is 0 Å². The van der Waals surface area contributed by atoms with Crippen LogP contribution in [0.5, 0.6) is 5.75 Å². The molecule has 1 heterocycles. The minimum Gasteiger partial charge on any atom is -0.497 e. The molecule has 3 rings (SSSR count). The topological polar surface area (TPSA) is 45.6 Å². The predicted molar refractivity (Wildman–Crippen MR) is 85.1 cm³/mol. The maximum Gasteiger partial charge on any atom is 0.185 e.